The second-order valence-corrected chi connectivity index (χ2v) is 5.21. The van der Waals surface area contributed by atoms with Crippen molar-refractivity contribution in [2.24, 2.45) is 0 Å². The number of urea groups is 1. The smallest absolute Gasteiger partial charge is 0.334 e. The lowest BCUT2D eigenvalue weighted by atomic mass is 10.2. The average Bonchev–Trinajstić information content (AvgIpc) is 2.78. The largest absolute Gasteiger partial charge is 0.352 e. The van der Waals surface area contributed by atoms with Crippen LogP contribution in [0.3, 0.4) is 0 Å². The molecule has 0 radical (unpaired) electrons. The maximum atomic E-state index is 12.1. The summed E-state index contributed by atoms with van der Waals surface area (Å²) in [4.78, 5) is 60.6. The summed E-state index contributed by atoms with van der Waals surface area (Å²) in [5.74, 6) is -2.91. The van der Waals surface area contributed by atoms with E-state index in [1.54, 1.807) is 32.0 Å². The quantitative estimate of drug-likeness (QED) is 0.563. The molecule has 1 aromatic carbocycles. The number of hydrogen-bond acceptors (Lipinski definition) is 5. The number of nitrogens with one attached hydrogen (secondary N) is 2. The van der Waals surface area contributed by atoms with E-state index >= 15 is 0 Å². The summed E-state index contributed by atoms with van der Waals surface area (Å²) in [6.07, 6.45) is 0. The molecule has 1 aliphatic heterocycles. The molecule has 1 saturated heterocycles. The molecule has 9 heteroatoms. The molecule has 0 spiro atoms. The summed E-state index contributed by atoms with van der Waals surface area (Å²) < 4.78 is 0. The number of rotatable bonds is 6. The highest BCUT2D eigenvalue weighted by atomic mass is 16.2. The summed E-state index contributed by atoms with van der Waals surface area (Å²) in [5, 5.41) is 5.14. The predicted molar refractivity (Wildman–Crippen MR) is 87.6 cm³/mol. The molecule has 0 aliphatic carbocycles. The molecule has 0 saturated carbocycles. The summed E-state index contributed by atoms with van der Waals surface area (Å²) in [6.45, 7) is 3.28. The normalized spacial score (nSPS) is 14.1. The maximum Gasteiger partial charge on any atom is 0.334 e. The Balaban J connectivity index is 2.05. The fourth-order valence-corrected chi connectivity index (χ4v) is 2.31. The van der Waals surface area contributed by atoms with Crippen LogP contribution in [0.25, 0.3) is 0 Å². The highest BCUT2D eigenvalue weighted by molar-refractivity contribution is 6.45. The SMILES string of the molecule is CCNC(=O)c1cccc(NC(=O)CN2C(=O)C(=O)N(CC)C2=O)c1. The van der Waals surface area contributed by atoms with Crippen LogP contribution in [0.1, 0.15) is 24.2 Å². The number of carbonyl (C=O) groups is 5. The van der Waals surface area contributed by atoms with Crippen molar-refractivity contribution in [1.29, 1.82) is 0 Å². The summed E-state index contributed by atoms with van der Waals surface area (Å²) >= 11 is 0. The van der Waals surface area contributed by atoms with Crippen LogP contribution in [0.15, 0.2) is 24.3 Å². The van der Waals surface area contributed by atoms with Gasteiger partial charge >= 0.3 is 17.8 Å². The van der Waals surface area contributed by atoms with Crippen LogP contribution in [-0.2, 0) is 14.4 Å². The molecule has 25 heavy (non-hydrogen) atoms. The molecular formula is C16H18N4O5. The van der Waals surface area contributed by atoms with Crippen LogP contribution < -0.4 is 10.6 Å². The van der Waals surface area contributed by atoms with Crippen LogP contribution in [0.4, 0.5) is 10.5 Å². The van der Waals surface area contributed by atoms with E-state index in [-0.39, 0.29) is 12.5 Å². The molecular weight excluding hydrogens is 328 g/mol. The van der Waals surface area contributed by atoms with Crippen molar-refractivity contribution < 1.29 is 24.0 Å². The highest BCUT2D eigenvalue weighted by Gasteiger charge is 2.44. The maximum absolute atomic E-state index is 12.1. The van der Waals surface area contributed by atoms with Gasteiger partial charge in [0.25, 0.3) is 5.91 Å². The Bertz CT molecular complexity index is 746. The molecule has 9 nitrogen and oxygen atoms in total. The summed E-state index contributed by atoms with van der Waals surface area (Å²) in [5.41, 5.74) is 0.701. The van der Waals surface area contributed by atoms with Gasteiger partial charge < -0.3 is 10.6 Å². The highest BCUT2D eigenvalue weighted by Crippen LogP contribution is 2.13. The zero-order valence-corrected chi connectivity index (χ0v) is 13.9. The van der Waals surface area contributed by atoms with Gasteiger partial charge in [-0.3, -0.25) is 24.1 Å². The van der Waals surface area contributed by atoms with Crippen LogP contribution in [0.5, 0.6) is 0 Å². The van der Waals surface area contributed by atoms with Gasteiger partial charge in [0.1, 0.15) is 6.54 Å². The Morgan fingerprint density at radius 3 is 2.32 bits per heavy atom. The minimum atomic E-state index is -1.03. The Hall–Kier alpha value is -3.23. The van der Waals surface area contributed by atoms with Crippen molar-refractivity contribution in [2.75, 3.05) is 25.0 Å². The summed E-state index contributed by atoms with van der Waals surface area (Å²) in [6, 6.07) is 5.40. The van der Waals surface area contributed by atoms with Gasteiger partial charge in [0.05, 0.1) is 0 Å². The first-order chi connectivity index (χ1) is 11.9. The number of imide groups is 2. The van der Waals surface area contributed by atoms with Crippen molar-refractivity contribution in [3.8, 4) is 0 Å². The van der Waals surface area contributed by atoms with E-state index in [4.69, 9.17) is 0 Å². The minimum Gasteiger partial charge on any atom is -0.352 e. The van der Waals surface area contributed by atoms with Gasteiger partial charge in [-0.2, -0.15) is 0 Å². The monoisotopic (exact) mass is 346 g/mol. The number of anilines is 1. The fraction of sp³-hybridized carbons (Fsp3) is 0.312. The summed E-state index contributed by atoms with van der Waals surface area (Å²) in [7, 11) is 0. The first kappa shape index (κ1) is 18.1. The number of nitrogens with zero attached hydrogens (tertiary/aromatic N) is 2. The Morgan fingerprint density at radius 2 is 1.72 bits per heavy atom. The van der Waals surface area contributed by atoms with Crippen LogP contribution in [-0.4, -0.2) is 59.1 Å². The molecule has 0 unspecified atom stereocenters. The molecule has 1 aliphatic rings. The lowest BCUT2D eigenvalue weighted by molar-refractivity contribution is -0.143. The Kier molecular flexibility index (Phi) is 5.48. The third-order valence-electron chi connectivity index (χ3n) is 3.50. The lowest BCUT2D eigenvalue weighted by Gasteiger charge is -2.14. The van der Waals surface area contributed by atoms with Crippen molar-refractivity contribution in [3.05, 3.63) is 29.8 Å². The first-order valence-corrected chi connectivity index (χ1v) is 7.74. The van der Waals surface area contributed by atoms with E-state index in [0.29, 0.717) is 22.7 Å². The van der Waals surface area contributed by atoms with Gasteiger partial charge in [0.15, 0.2) is 0 Å². The lowest BCUT2D eigenvalue weighted by Crippen LogP contribution is -2.39. The van der Waals surface area contributed by atoms with E-state index in [0.717, 1.165) is 4.90 Å². The van der Waals surface area contributed by atoms with Gasteiger partial charge in [-0.25, -0.2) is 9.69 Å². The van der Waals surface area contributed by atoms with Crippen LogP contribution >= 0.6 is 0 Å². The van der Waals surface area contributed by atoms with Gasteiger partial charge in [0.2, 0.25) is 5.91 Å². The molecule has 2 rings (SSSR count). The molecule has 1 fully saturated rings. The Morgan fingerprint density at radius 1 is 1.04 bits per heavy atom. The van der Waals surface area contributed by atoms with E-state index in [1.165, 1.54) is 6.07 Å². The van der Waals surface area contributed by atoms with E-state index in [1.807, 2.05) is 0 Å². The predicted octanol–water partition coefficient (Wildman–Crippen LogP) is 0.186. The zero-order chi connectivity index (χ0) is 18.6. The Labute approximate surface area is 144 Å². The van der Waals surface area contributed by atoms with Crippen LogP contribution in [0, 0.1) is 0 Å². The molecule has 1 aromatic rings. The molecule has 1 heterocycles. The second-order valence-electron chi connectivity index (χ2n) is 5.21. The van der Waals surface area contributed by atoms with Crippen LogP contribution in [0.2, 0.25) is 0 Å². The van der Waals surface area contributed by atoms with Gasteiger partial charge in [-0.05, 0) is 32.0 Å². The molecule has 0 aromatic heterocycles. The third kappa shape index (κ3) is 3.82. The minimum absolute atomic E-state index is 0.0517. The second kappa shape index (κ2) is 7.56. The number of hydrogen-bond donors (Lipinski definition) is 2. The van der Waals surface area contributed by atoms with E-state index in [9.17, 15) is 24.0 Å². The van der Waals surface area contributed by atoms with Gasteiger partial charge in [-0.1, -0.05) is 6.07 Å². The topological polar surface area (TPSA) is 116 Å². The number of amides is 6. The molecule has 0 atom stereocenters. The first-order valence-electron chi connectivity index (χ1n) is 7.74. The van der Waals surface area contributed by atoms with Gasteiger partial charge in [-0.15, -0.1) is 0 Å². The molecule has 6 amide bonds. The number of carbonyl (C=O) groups excluding carboxylic acids is 5. The third-order valence-corrected chi connectivity index (χ3v) is 3.50. The fourth-order valence-electron chi connectivity index (χ4n) is 2.31. The van der Waals surface area contributed by atoms with Crippen molar-refractivity contribution in [2.45, 2.75) is 13.8 Å². The van der Waals surface area contributed by atoms with Crippen molar-refractivity contribution >= 4 is 35.3 Å². The average molecular weight is 346 g/mol. The van der Waals surface area contributed by atoms with Gasteiger partial charge in [0, 0.05) is 24.3 Å². The van der Waals surface area contributed by atoms with E-state index < -0.39 is 30.3 Å². The standard InChI is InChI=1S/C16H18N4O5/c1-3-17-13(22)10-6-5-7-11(8-10)18-12(21)9-20-15(24)14(23)19(4-2)16(20)25/h5-8H,3-4,9H2,1-2H3,(H,17,22)(H,18,21). The zero-order valence-electron chi connectivity index (χ0n) is 13.9. The van der Waals surface area contributed by atoms with E-state index in [2.05, 4.69) is 10.6 Å². The van der Waals surface area contributed by atoms with Crippen molar-refractivity contribution in [1.82, 2.24) is 15.1 Å². The molecule has 2 N–H and O–H groups in total. The molecule has 132 valence electrons. The number of benzene rings is 1. The van der Waals surface area contributed by atoms with Crippen molar-refractivity contribution in [3.63, 3.8) is 0 Å². The number of likely N-dealkylation sites (N-methyl/N-ethyl adjacent to an activating group) is 1. The molecule has 0 bridgehead atoms.